The Hall–Kier alpha value is -3.77. The minimum atomic E-state index is -0.628. The Morgan fingerprint density at radius 2 is 1.97 bits per heavy atom. The van der Waals surface area contributed by atoms with Crippen LogP contribution < -0.4 is 0 Å². The van der Waals surface area contributed by atoms with Crippen molar-refractivity contribution in [3.8, 4) is 28.9 Å². The molecule has 0 aliphatic carbocycles. The van der Waals surface area contributed by atoms with E-state index in [1.165, 1.54) is 23.1 Å². The first-order valence-electron chi connectivity index (χ1n) is 11.2. The number of hydrogen-bond donors (Lipinski definition) is 1. The zero-order valence-corrected chi connectivity index (χ0v) is 19.7. The number of piperazine rings is 1. The Kier molecular flexibility index (Phi) is 6.35. The SMILES string of the molecule is Cc1c(-c2cnn(-c3ccc(C(=O)N4CCN(C(C)C)[C@H](C)C4)cn3)c2O)ccc(C#N)c1F. The molecule has 2 aromatic heterocycles. The average Bonchev–Trinajstić information content (AvgIpc) is 3.21. The number of pyridine rings is 1. The summed E-state index contributed by atoms with van der Waals surface area (Å²) in [6, 6.07) is 8.74. The molecule has 9 heteroatoms. The van der Waals surface area contributed by atoms with Crippen LogP contribution in [0.4, 0.5) is 4.39 Å². The summed E-state index contributed by atoms with van der Waals surface area (Å²) in [5.41, 5.74) is 1.40. The van der Waals surface area contributed by atoms with Gasteiger partial charge in [0.15, 0.2) is 5.82 Å². The Balaban J connectivity index is 1.55. The van der Waals surface area contributed by atoms with Crippen LogP contribution in [0.25, 0.3) is 16.9 Å². The van der Waals surface area contributed by atoms with E-state index >= 15 is 0 Å². The van der Waals surface area contributed by atoms with Gasteiger partial charge in [0.2, 0.25) is 5.88 Å². The fourth-order valence-corrected chi connectivity index (χ4v) is 4.51. The summed E-state index contributed by atoms with van der Waals surface area (Å²) in [6.07, 6.45) is 2.89. The van der Waals surface area contributed by atoms with E-state index in [1.54, 1.807) is 31.2 Å². The predicted octanol–water partition coefficient (Wildman–Crippen LogP) is 3.51. The van der Waals surface area contributed by atoms with Crippen molar-refractivity contribution in [2.75, 3.05) is 19.6 Å². The molecule has 1 aliphatic heterocycles. The number of nitrogens with zero attached hydrogens (tertiary/aromatic N) is 6. The maximum Gasteiger partial charge on any atom is 0.255 e. The third kappa shape index (κ3) is 4.13. The summed E-state index contributed by atoms with van der Waals surface area (Å²) < 4.78 is 15.6. The molecule has 1 atom stereocenters. The monoisotopic (exact) mass is 462 g/mol. The van der Waals surface area contributed by atoms with Gasteiger partial charge in [-0.05, 0) is 57.0 Å². The summed E-state index contributed by atoms with van der Waals surface area (Å²) in [6.45, 7) is 10.1. The van der Waals surface area contributed by atoms with E-state index in [0.717, 1.165) is 6.54 Å². The summed E-state index contributed by atoms with van der Waals surface area (Å²) in [5, 5.41) is 24.0. The van der Waals surface area contributed by atoms with Crippen molar-refractivity contribution in [2.24, 2.45) is 0 Å². The van der Waals surface area contributed by atoms with Gasteiger partial charge in [-0.25, -0.2) is 9.37 Å². The molecule has 0 bridgehead atoms. The highest BCUT2D eigenvalue weighted by molar-refractivity contribution is 5.94. The average molecular weight is 463 g/mol. The quantitative estimate of drug-likeness (QED) is 0.637. The summed E-state index contributed by atoms with van der Waals surface area (Å²) in [7, 11) is 0. The van der Waals surface area contributed by atoms with Gasteiger partial charge in [0.25, 0.3) is 5.91 Å². The van der Waals surface area contributed by atoms with Crippen LogP contribution in [0.2, 0.25) is 0 Å². The lowest BCUT2D eigenvalue weighted by atomic mass is 10.00. The zero-order chi connectivity index (χ0) is 24.6. The van der Waals surface area contributed by atoms with Crippen molar-refractivity contribution in [3.63, 3.8) is 0 Å². The second kappa shape index (κ2) is 9.23. The molecule has 4 rings (SSSR count). The first-order chi connectivity index (χ1) is 16.2. The van der Waals surface area contributed by atoms with Gasteiger partial charge in [0, 0.05) is 37.9 Å². The molecule has 1 amide bonds. The maximum atomic E-state index is 14.4. The lowest BCUT2D eigenvalue weighted by molar-refractivity contribution is 0.0426. The molecule has 1 aromatic carbocycles. The lowest BCUT2D eigenvalue weighted by Crippen LogP contribution is -2.55. The van der Waals surface area contributed by atoms with Crippen molar-refractivity contribution >= 4 is 5.91 Å². The molecule has 3 aromatic rings. The lowest BCUT2D eigenvalue weighted by Gasteiger charge is -2.42. The van der Waals surface area contributed by atoms with Gasteiger partial charge in [-0.3, -0.25) is 9.69 Å². The predicted molar refractivity (Wildman–Crippen MR) is 125 cm³/mol. The van der Waals surface area contributed by atoms with Gasteiger partial charge in [-0.2, -0.15) is 15.0 Å². The number of carbonyl (C=O) groups excluding carboxylic acids is 1. The second-order valence-corrected chi connectivity index (χ2v) is 8.84. The molecule has 1 fully saturated rings. The van der Waals surface area contributed by atoms with Crippen molar-refractivity contribution in [1.82, 2.24) is 24.6 Å². The van der Waals surface area contributed by atoms with E-state index in [-0.39, 0.29) is 29.0 Å². The molecule has 0 spiro atoms. The van der Waals surface area contributed by atoms with E-state index in [0.29, 0.717) is 41.6 Å². The largest absolute Gasteiger partial charge is 0.493 e. The Labute approximate surface area is 197 Å². The van der Waals surface area contributed by atoms with E-state index in [1.807, 2.05) is 4.90 Å². The molecule has 0 unspecified atom stereocenters. The highest BCUT2D eigenvalue weighted by Crippen LogP contribution is 2.34. The number of aromatic hydroxyl groups is 1. The third-order valence-electron chi connectivity index (χ3n) is 6.38. The Morgan fingerprint density at radius 1 is 1.21 bits per heavy atom. The van der Waals surface area contributed by atoms with E-state index in [9.17, 15) is 14.3 Å². The fourth-order valence-electron chi connectivity index (χ4n) is 4.51. The number of benzene rings is 1. The molecule has 1 N–H and O–H groups in total. The van der Waals surface area contributed by atoms with Crippen molar-refractivity contribution in [1.29, 1.82) is 5.26 Å². The normalized spacial score (nSPS) is 16.6. The number of carbonyl (C=O) groups is 1. The first kappa shape index (κ1) is 23.4. The number of amides is 1. The van der Waals surface area contributed by atoms with Crippen LogP contribution in [0, 0.1) is 24.1 Å². The van der Waals surface area contributed by atoms with Crippen LogP contribution in [-0.2, 0) is 0 Å². The summed E-state index contributed by atoms with van der Waals surface area (Å²) in [4.78, 5) is 21.5. The third-order valence-corrected chi connectivity index (χ3v) is 6.38. The number of halogens is 1. The minimum absolute atomic E-state index is 0.0601. The molecule has 3 heterocycles. The molecule has 0 saturated carbocycles. The van der Waals surface area contributed by atoms with Crippen LogP contribution in [-0.4, -0.2) is 67.3 Å². The van der Waals surface area contributed by atoms with Crippen LogP contribution in [0.3, 0.4) is 0 Å². The maximum absolute atomic E-state index is 14.4. The standard InChI is InChI=1S/C25H27FN6O2/c1-15(2)31-10-9-30(14-16(31)3)24(33)19-6-8-22(28-12-19)32-25(34)21(13-29-32)20-7-5-18(11-27)23(26)17(20)4/h5-8,12-13,15-16,34H,9-10,14H2,1-4H3/t16-/m1/s1. The van der Waals surface area contributed by atoms with Crippen LogP contribution >= 0.6 is 0 Å². The van der Waals surface area contributed by atoms with Crippen molar-refractivity contribution in [3.05, 3.63) is 59.2 Å². The molecule has 34 heavy (non-hydrogen) atoms. The van der Waals surface area contributed by atoms with E-state index < -0.39 is 5.82 Å². The van der Waals surface area contributed by atoms with E-state index in [2.05, 4.69) is 35.8 Å². The van der Waals surface area contributed by atoms with Crippen LogP contribution in [0.1, 0.15) is 42.3 Å². The highest BCUT2D eigenvalue weighted by Gasteiger charge is 2.28. The van der Waals surface area contributed by atoms with Crippen LogP contribution in [0.5, 0.6) is 5.88 Å². The molecule has 0 radical (unpaired) electrons. The molecule has 176 valence electrons. The Bertz CT molecular complexity index is 1260. The molecular weight excluding hydrogens is 435 g/mol. The minimum Gasteiger partial charge on any atom is -0.493 e. The first-order valence-corrected chi connectivity index (χ1v) is 11.2. The van der Waals surface area contributed by atoms with Gasteiger partial charge in [-0.1, -0.05) is 6.07 Å². The van der Waals surface area contributed by atoms with Crippen LogP contribution in [0.15, 0.2) is 36.7 Å². The van der Waals surface area contributed by atoms with Gasteiger partial charge < -0.3 is 10.0 Å². The molecule has 8 nitrogen and oxygen atoms in total. The van der Waals surface area contributed by atoms with Gasteiger partial charge in [-0.15, -0.1) is 0 Å². The molecule has 1 saturated heterocycles. The number of nitriles is 1. The fraction of sp³-hybridized carbons (Fsp3) is 0.360. The van der Waals surface area contributed by atoms with Gasteiger partial charge in [0.1, 0.15) is 11.9 Å². The number of hydrogen-bond acceptors (Lipinski definition) is 6. The molecular formula is C25H27FN6O2. The molecule has 1 aliphatic rings. The number of rotatable bonds is 4. The Morgan fingerprint density at radius 3 is 2.59 bits per heavy atom. The highest BCUT2D eigenvalue weighted by atomic mass is 19.1. The van der Waals surface area contributed by atoms with Crippen molar-refractivity contribution in [2.45, 2.75) is 39.8 Å². The van der Waals surface area contributed by atoms with Crippen molar-refractivity contribution < 1.29 is 14.3 Å². The second-order valence-electron chi connectivity index (χ2n) is 8.84. The zero-order valence-electron chi connectivity index (χ0n) is 19.7. The van der Waals surface area contributed by atoms with E-state index in [4.69, 9.17) is 5.26 Å². The van der Waals surface area contributed by atoms with Gasteiger partial charge in [0.05, 0.1) is 22.9 Å². The summed E-state index contributed by atoms with van der Waals surface area (Å²) in [5.74, 6) is -0.595. The van der Waals surface area contributed by atoms with Gasteiger partial charge >= 0.3 is 0 Å². The summed E-state index contributed by atoms with van der Waals surface area (Å²) >= 11 is 0. The number of aromatic nitrogens is 3. The smallest absolute Gasteiger partial charge is 0.255 e. The topological polar surface area (TPSA) is 98.3 Å².